The summed E-state index contributed by atoms with van der Waals surface area (Å²) in [5.41, 5.74) is 6.03. The molecule has 3 fully saturated rings. The van der Waals surface area contributed by atoms with Gasteiger partial charge in [-0.3, -0.25) is 24.6 Å². The number of non-ortho nitro benzene ring substituents is 1. The topological polar surface area (TPSA) is 138 Å². The summed E-state index contributed by atoms with van der Waals surface area (Å²) in [6, 6.07) is 28.4. The van der Waals surface area contributed by atoms with Gasteiger partial charge in [0.2, 0.25) is 5.91 Å². The van der Waals surface area contributed by atoms with Crippen LogP contribution in [0.2, 0.25) is 0 Å². The number of likely N-dealkylation sites (tertiary alicyclic amines) is 1. The van der Waals surface area contributed by atoms with E-state index in [1.807, 2.05) is 72.8 Å². The van der Waals surface area contributed by atoms with E-state index in [1.54, 1.807) is 12.1 Å². The van der Waals surface area contributed by atoms with Crippen LogP contribution < -0.4 is 10.2 Å². The Bertz CT molecular complexity index is 2060. The molecule has 12 nitrogen and oxygen atoms in total. The zero-order valence-electron chi connectivity index (χ0n) is 32.0. The Morgan fingerprint density at radius 2 is 1.55 bits per heavy atom. The number of anilines is 1. The van der Waals surface area contributed by atoms with Gasteiger partial charge in [0, 0.05) is 75.1 Å². The Kier molecular flexibility index (Phi) is 12.4. The third-order valence-corrected chi connectivity index (χ3v) is 11.4. The number of ether oxygens (including phenoxy) is 2. The molecule has 3 aliphatic heterocycles. The predicted molar refractivity (Wildman–Crippen MR) is 209 cm³/mol. The molecule has 3 aliphatic rings. The summed E-state index contributed by atoms with van der Waals surface area (Å²) in [4.78, 5) is 40.9. The molecule has 2 N–H and O–H groups in total. The van der Waals surface area contributed by atoms with Gasteiger partial charge < -0.3 is 29.7 Å². The minimum absolute atomic E-state index is 0.0202. The van der Waals surface area contributed by atoms with E-state index in [-0.39, 0.29) is 49.9 Å². The van der Waals surface area contributed by atoms with Crippen molar-refractivity contribution in [1.82, 2.24) is 15.1 Å². The number of benzene rings is 4. The van der Waals surface area contributed by atoms with Crippen molar-refractivity contribution in [3.05, 3.63) is 129 Å². The molecule has 2 amide bonds. The van der Waals surface area contributed by atoms with Crippen molar-refractivity contribution in [1.29, 1.82) is 0 Å². The van der Waals surface area contributed by atoms with Gasteiger partial charge in [-0.2, -0.15) is 13.2 Å². The number of rotatable bonds is 11. The van der Waals surface area contributed by atoms with Gasteiger partial charge in [0.25, 0.3) is 5.69 Å². The van der Waals surface area contributed by atoms with E-state index in [9.17, 15) is 38.0 Å². The van der Waals surface area contributed by atoms with Crippen molar-refractivity contribution in [2.75, 3.05) is 44.2 Å². The van der Waals surface area contributed by atoms with E-state index in [1.165, 1.54) is 12.1 Å². The zero-order chi connectivity index (χ0) is 41.0. The highest BCUT2D eigenvalue weighted by molar-refractivity contribution is 5.90. The first-order chi connectivity index (χ1) is 27.9. The smallest absolute Gasteiger partial charge is 0.392 e. The second kappa shape index (κ2) is 17.6. The van der Waals surface area contributed by atoms with Gasteiger partial charge in [0.15, 0.2) is 6.29 Å². The molecule has 7 rings (SSSR count). The maximum atomic E-state index is 13.2. The van der Waals surface area contributed by atoms with Gasteiger partial charge in [-0.05, 0) is 52.8 Å². The van der Waals surface area contributed by atoms with Gasteiger partial charge >= 0.3 is 12.1 Å². The van der Waals surface area contributed by atoms with Crippen molar-refractivity contribution in [2.45, 2.75) is 63.6 Å². The van der Waals surface area contributed by atoms with E-state index >= 15 is 0 Å². The van der Waals surface area contributed by atoms with E-state index < -0.39 is 35.2 Å². The number of aliphatic hydroxyl groups excluding tert-OH is 1. The Labute approximate surface area is 334 Å². The number of hydrogen-bond donors (Lipinski definition) is 2. The first-order valence-electron chi connectivity index (χ1n) is 19.5. The Morgan fingerprint density at radius 3 is 2.21 bits per heavy atom. The van der Waals surface area contributed by atoms with Crippen LogP contribution in [-0.2, 0) is 32.2 Å². The number of nitrogens with one attached hydrogen (secondary N) is 1. The average Bonchev–Trinajstić information content (AvgIpc) is 3.74. The van der Waals surface area contributed by atoms with E-state index in [2.05, 4.69) is 22.0 Å². The van der Waals surface area contributed by atoms with Crippen molar-refractivity contribution < 1.29 is 42.3 Å². The highest BCUT2D eigenvalue weighted by atomic mass is 19.4. The summed E-state index contributed by atoms with van der Waals surface area (Å²) in [7, 11) is 0. The fourth-order valence-corrected chi connectivity index (χ4v) is 8.08. The third-order valence-electron chi connectivity index (χ3n) is 11.4. The second-order valence-electron chi connectivity index (χ2n) is 15.0. The SMILES string of the molecule is C[C@@H]1[C@H](CN2CCN(c3ccc([N+](=O)[O-])cc3)CC2)O[C@H](c2ccc(-c3ccccc3CNC(=O)[C@@H]3CCCN3C(=O)C(F)(F)F)cc2)O[C@@H]1c1ccc(CO)cc1. The van der Waals surface area contributed by atoms with Crippen LogP contribution in [0.5, 0.6) is 0 Å². The highest BCUT2D eigenvalue weighted by Crippen LogP contribution is 2.42. The van der Waals surface area contributed by atoms with E-state index in [0.29, 0.717) is 17.9 Å². The quantitative estimate of drug-likeness (QED) is 0.128. The van der Waals surface area contributed by atoms with Crippen LogP contribution in [-0.4, -0.2) is 89.2 Å². The van der Waals surface area contributed by atoms with E-state index in [4.69, 9.17) is 9.47 Å². The van der Waals surface area contributed by atoms with Crippen LogP contribution in [0.15, 0.2) is 97.1 Å². The molecule has 3 heterocycles. The lowest BCUT2D eigenvalue weighted by Gasteiger charge is -2.44. The number of aliphatic hydroxyl groups is 1. The van der Waals surface area contributed by atoms with Crippen LogP contribution in [0.3, 0.4) is 0 Å². The van der Waals surface area contributed by atoms with Crippen LogP contribution in [0.1, 0.15) is 54.4 Å². The molecular weight excluding hydrogens is 755 g/mol. The minimum atomic E-state index is -5.04. The number of hydrogen-bond acceptors (Lipinski definition) is 9. The minimum Gasteiger partial charge on any atom is -0.392 e. The first-order valence-corrected chi connectivity index (χ1v) is 19.5. The number of carbonyl (C=O) groups excluding carboxylic acids is 2. The summed E-state index contributed by atoms with van der Waals surface area (Å²) >= 11 is 0. The van der Waals surface area contributed by atoms with Crippen LogP contribution in [0, 0.1) is 16.0 Å². The molecule has 15 heteroatoms. The number of halogens is 3. The summed E-state index contributed by atoms with van der Waals surface area (Å²) in [5.74, 6) is -2.64. The number of nitrogens with zero attached hydrogens (tertiary/aromatic N) is 4. The van der Waals surface area contributed by atoms with Crippen LogP contribution in [0.25, 0.3) is 11.1 Å². The molecule has 0 aliphatic carbocycles. The normalized spacial score (nSPS) is 22.8. The Hall–Kier alpha value is -5.35. The molecule has 306 valence electrons. The molecular formula is C43H46F3N5O7. The number of carbonyl (C=O) groups is 2. The fraction of sp³-hybridized carbons (Fsp3) is 0.395. The lowest BCUT2D eigenvalue weighted by atomic mass is 9.89. The number of nitro benzene ring substituents is 1. The van der Waals surface area contributed by atoms with E-state index in [0.717, 1.165) is 65.2 Å². The standard InChI is InChI=1S/C43H46F3N5O7/c1-28-38(26-48-21-23-49(24-22-48)34-16-18-35(19-17-34)51(55)56)57-41(58-39(28)31-10-8-29(27-52)9-11-31)32-14-12-30(13-15-32)36-6-3-2-5-33(36)25-47-40(53)37-7-4-20-50(37)42(54)43(44,45)46/h2-3,5-6,8-19,28,37-39,41,52H,4,7,20-27H2,1H3,(H,47,53)/t28-,37+,38+,39+,41+/m1/s1. The third kappa shape index (κ3) is 9.18. The predicted octanol–water partition coefficient (Wildman–Crippen LogP) is 6.54. The summed E-state index contributed by atoms with van der Waals surface area (Å²) in [6.07, 6.45) is -5.75. The largest absolute Gasteiger partial charge is 0.471 e. The van der Waals surface area contributed by atoms with Gasteiger partial charge in [-0.1, -0.05) is 79.7 Å². The lowest BCUT2D eigenvalue weighted by Crippen LogP contribution is -2.51. The van der Waals surface area contributed by atoms with Crippen LogP contribution in [0.4, 0.5) is 24.5 Å². The van der Waals surface area contributed by atoms with Crippen molar-refractivity contribution in [3.63, 3.8) is 0 Å². The number of nitro groups is 1. The summed E-state index contributed by atoms with van der Waals surface area (Å²) in [5, 5.41) is 23.5. The number of piperazine rings is 1. The molecule has 0 radical (unpaired) electrons. The van der Waals surface area contributed by atoms with Crippen molar-refractivity contribution in [2.24, 2.45) is 5.92 Å². The highest BCUT2D eigenvalue weighted by Gasteiger charge is 2.47. The van der Waals surface area contributed by atoms with Gasteiger partial charge in [-0.25, -0.2) is 0 Å². The van der Waals surface area contributed by atoms with Gasteiger partial charge in [0.1, 0.15) is 6.04 Å². The molecule has 0 unspecified atom stereocenters. The second-order valence-corrected chi connectivity index (χ2v) is 15.0. The molecule has 4 aromatic carbocycles. The molecule has 3 saturated heterocycles. The monoisotopic (exact) mass is 801 g/mol. The van der Waals surface area contributed by atoms with Gasteiger partial charge in [0.05, 0.1) is 23.7 Å². The number of alkyl halides is 3. The average molecular weight is 802 g/mol. The molecule has 0 saturated carbocycles. The molecule has 5 atom stereocenters. The molecule has 0 aromatic heterocycles. The summed E-state index contributed by atoms with van der Waals surface area (Å²) < 4.78 is 52.9. The van der Waals surface area contributed by atoms with Gasteiger partial charge in [-0.15, -0.1) is 0 Å². The van der Waals surface area contributed by atoms with Crippen LogP contribution >= 0.6 is 0 Å². The van der Waals surface area contributed by atoms with Crippen molar-refractivity contribution in [3.8, 4) is 11.1 Å². The molecule has 58 heavy (non-hydrogen) atoms. The Morgan fingerprint density at radius 1 is 0.879 bits per heavy atom. The molecule has 0 bridgehead atoms. The fourth-order valence-electron chi connectivity index (χ4n) is 8.08. The first kappa shape index (κ1) is 40.8. The number of amides is 2. The lowest BCUT2D eigenvalue weighted by molar-refractivity contribution is -0.384. The molecule has 4 aromatic rings. The molecule has 0 spiro atoms. The summed E-state index contributed by atoms with van der Waals surface area (Å²) in [6.45, 7) is 5.75. The Balaban J connectivity index is 1.04. The van der Waals surface area contributed by atoms with Crippen molar-refractivity contribution >= 4 is 23.2 Å². The zero-order valence-corrected chi connectivity index (χ0v) is 32.0. The maximum absolute atomic E-state index is 13.2. The maximum Gasteiger partial charge on any atom is 0.471 e.